The quantitative estimate of drug-likeness (QED) is 0.826. The van der Waals surface area contributed by atoms with Gasteiger partial charge in [-0.05, 0) is 43.0 Å². The highest BCUT2D eigenvalue weighted by Crippen LogP contribution is 2.32. The summed E-state index contributed by atoms with van der Waals surface area (Å²) in [7, 11) is 0. The summed E-state index contributed by atoms with van der Waals surface area (Å²) in [6.07, 6.45) is 3.33. The van der Waals surface area contributed by atoms with Crippen LogP contribution in [0.1, 0.15) is 26.5 Å². The van der Waals surface area contributed by atoms with Crippen molar-refractivity contribution in [2.24, 2.45) is 0 Å². The van der Waals surface area contributed by atoms with E-state index >= 15 is 0 Å². The predicted molar refractivity (Wildman–Crippen MR) is 77.4 cm³/mol. The number of anilines is 1. The van der Waals surface area contributed by atoms with Crippen LogP contribution in [-0.4, -0.2) is 11.0 Å². The average Bonchev–Trinajstić information content (AvgIpc) is 2.93. The van der Waals surface area contributed by atoms with Crippen molar-refractivity contribution in [2.75, 3.05) is 5.32 Å². The summed E-state index contributed by atoms with van der Waals surface area (Å²) in [6.45, 7) is 0. The largest absolute Gasteiger partial charge is 0.508 e. The molecule has 0 saturated carbocycles. The van der Waals surface area contributed by atoms with E-state index in [9.17, 15) is 9.90 Å². The van der Waals surface area contributed by atoms with Crippen LogP contribution in [0.3, 0.4) is 0 Å². The van der Waals surface area contributed by atoms with E-state index < -0.39 is 0 Å². The Bertz CT molecular complexity index is 629. The molecule has 0 spiro atoms. The lowest BCUT2D eigenvalue weighted by molar-refractivity contribution is 0.103. The van der Waals surface area contributed by atoms with Crippen LogP contribution < -0.4 is 5.32 Å². The van der Waals surface area contributed by atoms with E-state index in [1.807, 2.05) is 6.07 Å². The number of hydrogen-bond donors (Lipinski definition) is 2. The number of thiophene rings is 1. The highest BCUT2D eigenvalue weighted by Gasteiger charge is 2.18. The third-order valence-electron chi connectivity index (χ3n) is 3.17. The predicted octanol–water partition coefficient (Wildman–Crippen LogP) is 3.85. The zero-order valence-corrected chi connectivity index (χ0v) is 11.6. The molecule has 0 atom stereocenters. The van der Waals surface area contributed by atoms with Crippen LogP contribution in [0.25, 0.3) is 0 Å². The molecule has 0 saturated heterocycles. The summed E-state index contributed by atoms with van der Waals surface area (Å²) in [4.78, 5) is 14.2. The molecule has 1 aromatic carbocycles. The van der Waals surface area contributed by atoms with Gasteiger partial charge in [-0.25, -0.2) is 0 Å². The fraction of sp³-hybridized carbons (Fsp3) is 0.214. The number of amides is 1. The number of aryl methyl sites for hydroxylation is 2. The van der Waals surface area contributed by atoms with Crippen molar-refractivity contribution in [2.45, 2.75) is 19.3 Å². The molecule has 2 aromatic rings. The summed E-state index contributed by atoms with van der Waals surface area (Å²) in [6, 6.07) is 6.47. The van der Waals surface area contributed by atoms with Gasteiger partial charge in [-0.2, -0.15) is 0 Å². The van der Waals surface area contributed by atoms with Crippen LogP contribution in [0.2, 0.25) is 5.02 Å². The number of benzene rings is 1. The lowest BCUT2D eigenvalue weighted by Gasteiger charge is -2.06. The molecular formula is C14H12ClNO2S. The molecule has 1 heterocycles. The number of carbonyl (C=O) groups excluding carboxylic acids is 1. The first-order valence-corrected chi connectivity index (χ1v) is 7.24. The maximum Gasteiger partial charge on any atom is 0.265 e. The molecular weight excluding hydrogens is 282 g/mol. The highest BCUT2D eigenvalue weighted by molar-refractivity contribution is 7.14. The normalized spacial score (nSPS) is 13.3. The third kappa shape index (κ3) is 2.46. The molecule has 0 fully saturated rings. The van der Waals surface area contributed by atoms with Gasteiger partial charge in [0.15, 0.2) is 0 Å². The number of phenols is 1. The van der Waals surface area contributed by atoms with Crippen molar-refractivity contribution in [1.29, 1.82) is 0 Å². The van der Waals surface area contributed by atoms with Crippen molar-refractivity contribution in [3.8, 4) is 5.75 Å². The fourth-order valence-corrected chi connectivity index (χ4v) is 3.60. The average molecular weight is 294 g/mol. The van der Waals surface area contributed by atoms with E-state index in [2.05, 4.69) is 5.32 Å². The monoisotopic (exact) mass is 293 g/mol. The van der Waals surface area contributed by atoms with Gasteiger partial charge in [-0.15, -0.1) is 11.3 Å². The number of aromatic hydroxyl groups is 1. The third-order valence-corrected chi connectivity index (χ3v) is 4.72. The minimum absolute atomic E-state index is 0.0816. The molecule has 1 amide bonds. The number of hydrogen-bond acceptors (Lipinski definition) is 3. The number of nitrogens with one attached hydrogen (secondary N) is 1. The van der Waals surface area contributed by atoms with Crippen LogP contribution in [0, 0.1) is 0 Å². The summed E-state index contributed by atoms with van der Waals surface area (Å²) in [5, 5.41) is 12.4. The van der Waals surface area contributed by atoms with Crippen molar-refractivity contribution >= 4 is 34.5 Å². The lowest BCUT2D eigenvalue weighted by Crippen LogP contribution is -2.10. The van der Waals surface area contributed by atoms with Gasteiger partial charge in [0.25, 0.3) is 5.91 Å². The second-order valence-corrected chi connectivity index (χ2v) is 6.07. The Kier molecular flexibility index (Phi) is 3.21. The van der Waals surface area contributed by atoms with Gasteiger partial charge >= 0.3 is 0 Å². The number of carbonyl (C=O) groups is 1. The van der Waals surface area contributed by atoms with Crippen LogP contribution >= 0.6 is 22.9 Å². The Morgan fingerprint density at radius 2 is 2.16 bits per heavy atom. The molecule has 1 aliphatic carbocycles. The summed E-state index contributed by atoms with van der Waals surface area (Å²) in [5.41, 5.74) is 1.81. The van der Waals surface area contributed by atoms with Gasteiger partial charge in [0.1, 0.15) is 5.75 Å². The van der Waals surface area contributed by atoms with E-state index in [-0.39, 0.29) is 11.7 Å². The first-order chi connectivity index (χ1) is 9.13. The molecule has 0 aliphatic heterocycles. The summed E-state index contributed by atoms with van der Waals surface area (Å²) in [5.74, 6) is -0.0647. The zero-order chi connectivity index (χ0) is 13.4. The van der Waals surface area contributed by atoms with Crippen LogP contribution in [0.5, 0.6) is 5.75 Å². The molecule has 98 valence electrons. The number of rotatable bonds is 2. The van der Waals surface area contributed by atoms with Crippen molar-refractivity contribution in [3.05, 3.63) is 44.6 Å². The second-order valence-electron chi connectivity index (χ2n) is 4.53. The maximum absolute atomic E-state index is 12.1. The number of halogens is 1. The van der Waals surface area contributed by atoms with E-state index in [0.717, 1.165) is 12.8 Å². The minimum Gasteiger partial charge on any atom is -0.508 e. The van der Waals surface area contributed by atoms with Crippen LogP contribution in [0.15, 0.2) is 24.3 Å². The number of fused-ring (bicyclic) bond motifs is 1. The molecule has 0 bridgehead atoms. The first-order valence-electron chi connectivity index (χ1n) is 6.05. The van der Waals surface area contributed by atoms with Crippen LogP contribution in [-0.2, 0) is 12.8 Å². The van der Waals surface area contributed by atoms with E-state index in [1.54, 1.807) is 17.4 Å². The molecule has 1 aliphatic rings. The van der Waals surface area contributed by atoms with Crippen molar-refractivity contribution < 1.29 is 9.90 Å². The molecule has 0 unspecified atom stereocenters. The molecule has 2 N–H and O–H groups in total. The van der Waals surface area contributed by atoms with Gasteiger partial charge in [0.2, 0.25) is 0 Å². The van der Waals surface area contributed by atoms with Gasteiger partial charge in [0, 0.05) is 10.9 Å². The lowest BCUT2D eigenvalue weighted by atomic mass is 10.2. The Morgan fingerprint density at radius 1 is 1.32 bits per heavy atom. The molecule has 1 aromatic heterocycles. The van der Waals surface area contributed by atoms with Crippen molar-refractivity contribution in [1.82, 2.24) is 0 Å². The second kappa shape index (κ2) is 4.87. The van der Waals surface area contributed by atoms with Crippen molar-refractivity contribution in [3.63, 3.8) is 0 Å². The van der Waals surface area contributed by atoms with Gasteiger partial charge in [-0.1, -0.05) is 11.6 Å². The number of phenolic OH excluding ortho intramolecular Hbond substituents is 1. The Labute approximate surface area is 119 Å². The zero-order valence-electron chi connectivity index (χ0n) is 10.1. The SMILES string of the molecule is O=C(Nc1ccc(O)cc1Cl)c1cc2c(s1)CCC2. The summed E-state index contributed by atoms with van der Waals surface area (Å²) >= 11 is 7.52. The summed E-state index contributed by atoms with van der Waals surface area (Å²) < 4.78 is 0. The Balaban J connectivity index is 1.80. The van der Waals surface area contributed by atoms with Gasteiger partial charge in [-0.3, -0.25) is 4.79 Å². The molecule has 0 radical (unpaired) electrons. The van der Waals surface area contributed by atoms with E-state index in [0.29, 0.717) is 15.6 Å². The smallest absolute Gasteiger partial charge is 0.265 e. The topological polar surface area (TPSA) is 49.3 Å². The molecule has 19 heavy (non-hydrogen) atoms. The maximum atomic E-state index is 12.1. The first kappa shape index (κ1) is 12.5. The molecule has 5 heteroatoms. The highest BCUT2D eigenvalue weighted by atomic mass is 35.5. The Morgan fingerprint density at radius 3 is 2.89 bits per heavy atom. The van der Waals surface area contributed by atoms with E-state index in [4.69, 9.17) is 11.6 Å². The molecule has 3 rings (SSSR count). The fourth-order valence-electron chi connectivity index (χ4n) is 2.23. The van der Waals surface area contributed by atoms with E-state index in [1.165, 1.54) is 29.0 Å². The van der Waals surface area contributed by atoms with Gasteiger partial charge < -0.3 is 10.4 Å². The molecule has 3 nitrogen and oxygen atoms in total. The minimum atomic E-state index is -0.146. The van der Waals surface area contributed by atoms with Crippen LogP contribution in [0.4, 0.5) is 5.69 Å². The Hall–Kier alpha value is -1.52. The van der Waals surface area contributed by atoms with Gasteiger partial charge in [0.05, 0.1) is 15.6 Å². The standard InChI is InChI=1S/C14H12ClNO2S/c15-10-7-9(17)4-5-11(10)16-14(18)13-6-8-2-1-3-12(8)19-13/h4-7,17H,1-3H2,(H,16,18).